The zero-order valence-corrected chi connectivity index (χ0v) is 11.5. The van der Waals surface area contributed by atoms with Gasteiger partial charge in [0.15, 0.2) is 0 Å². The van der Waals surface area contributed by atoms with Crippen molar-refractivity contribution < 1.29 is 13.2 Å². The maximum atomic E-state index is 12.2. The van der Waals surface area contributed by atoms with Crippen molar-refractivity contribution in [2.24, 2.45) is 0 Å². The number of methoxy groups -OCH3 is 1. The van der Waals surface area contributed by atoms with Gasteiger partial charge in [-0.15, -0.1) is 0 Å². The van der Waals surface area contributed by atoms with Gasteiger partial charge in [0.05, 0.1) is 23.6 Å². The summed E-state index contributed by atoms with van der Waals surface area (Å²) in [6.07, 6.45) is 0. The van der Waals surface area contributed by atoms with Crippen molar-refractivity contribution in [3.63, 3.8) is 0 Å². The van der Waals surface area contributed by atoms with Crippen LogP contribution in [0.1, 0.15) is 5.56 Å². The predicted octanol–water partition coefficient (Wildman–Crippen LogP) is 2.37. The summed E-state index contributed by atoms with van der Waals surface area (Å²) >= 11 is 0. The van der Waals surface area contributed by atoms with Gasteiger partial charge in [0.2, 0.25) is 0 Å². The number of anilines is 1. The van der Waals surface area contributed by atoms with Gasteiger partial charge in [0.25, 0.3) is 10.0 Å². The molecule has 0 aromatic heterocycles. The number of hydrogen-bond acceptors (Lipinski definition) is 4. The quantitative estimate of drug-likeness (QED) is 0.936. The average molecular weight is 288 g/mol. The van der Waals surface area contributed by atoms with Crippen LogP contribution in [0.4, 0.5) is 5.69 Å². The van der Waals surface area contributed by atoms with Crippen molar-refractivity contribution in [1.29, 1.82) is 5.26 Å². The molecule has 20 heavy (non-hydrogen) atoms. The van der Waals surface area contributed by atoms with Gasteiger partial charge in [-0.3, -0.25) is 4.72 Å². The highest BCUT2D eigenvalue weighted by Crippen LogP contribution is 2.19. The molecule has 0 aliphatic heterocycles. The highest BCUT2D eigenvalue weighted by Gasteiger charge is 2.14. The van der Waals surface area contributed by atoms with E-state index in [2.05, 4.69) is 4.72 Å². The molecule has 0 amide bonds. The third-order valence-electron chi connectivity index (χ3n) is 2.62. The van der Waals surface area contributed by atoms with Crippen LogP contribution in [-0.2, 0) is 10.0 Å². The van der Waals surface area contributed by atoms with Crippen LogP contribution >= 0.6 is 0 Å². The van der Waals surface area contributed by atoms with E-state index < -0.39 is 10.0 Å². The number of nitrogens with zero attached hydrogens (tertiary/aromatic N) is 1. The molecular weight excluding hydrogens is 276 g/mol. The molecule has 0 fully saturated rings. The summed E-state index contributed by atoms with van der Waals surface area (Å²) in [5.41, 5.74) is 0.718. The summed E-state index contributed by atoms with van der Waals surface area (Å²) in [5.74, 6) is 0.638. The number of nitriles is 1. The highest BCUT2D eigenvalue weighted by molar-refractivity contribution is 7.92. The van der Waals surface area contributed by atoms with Crippen LogP contribution in [0, 0.1) is 11.3 Å². The van der Waals surface area contributed by atoms with Gasteiger partial charge < -0.3 is 4.74 Å². The smallest absolute Gasteiger partial charge is 0.261 e. The molecule has 102 valence electrons. The molecule has 0 bridgehead atoms. The number of rotatable bonds is 4. The Balaban J connectivity index is 2.28. The maximum Gasteiger partial charge on any atom is 0.261 e. The van der Waals surface area contributed by atoms with Crippen molar-refractivity contribution in [2.45, 2.75) is 4.90 Å². The van der Waals surface area contributed by atoms with Crippen LogP contribution in [0.25, 0.3) is 0 Å². The van der Waals surface area contributed by atoms with E-state index in [1.54, 1.807) is 30.3 Å². The van der Waals surface area contributed by atoms with E-state index in [9.17, 15) is 8.42 Å². The van der Waals surface area contributed by atoms with Gasteiger partial charge in [0, 0.05) is 5.69 Å². The van der Waals surface area contributed by atoms with Gasteiger partial charge in [-0.25, -0.2) is 8.42 Å². The second-order valence-corrected chi connectivity index (χ2v) is 5.66. The molecule has 0 unspecified atom stereocenters. The standard InChI is InChI=1S/C14H12N2O3S/c1-19-13-7-5-12(6-8-13)16-20(17,18)14-4-2-3-11(9-14)10-15/h2-9,16H,1H3. The lowest BCUT2D eigenvalue weighted by molar-refractivity contribution is 0.415. The van der Waals surface area contributed by atoms with Crippen molar-refractivity contribution in [2.75, 3.05) is 11.8 Å². The van der Waals surface area contributed by atoms with E-state index in [0.29, 0.717) is 17.0 Å². The van der Waals surface area contributed by atoms with E-state index in [1.165, 1.54) is 25.3 Å². The number of ether oxygens (including phenoxy) is 1. The molecule has 0 atom stereocenters. The summed E-state index contributed by atoms with van der Waals surface area (Å²) in [6.45, 7) is 0. The molecule has 0 saturated carbocycles. The third-order valence-corrected chi connectivity index (χ3v) is 3.99. The molecule has 0 radical (unpaired) electrons. The largest absolute Gasteiger partial charge is 0.497 e. The first-order valence-electron chi connectivity index (χ1n) is 5.72. The Morgan fingerprint density at radius 3 is 2.45 bits per heavy atom. The summed E-state index contributed by atoms with van der Waals surface area (Å²) in [7, 11) is -2.17. The fraction of sp³-hybridized carbons (Fsp3) is 0.0714. The van der Waals surface area contributed by atoms with E-state index >= 15 is 0 Å². The van der Waals surface area contributed by atoms with Gasteiger partial charge >= 0.3 is 0 Å². The fourth-order valence-corrected chi connectivity index (χ4v) is 2.71. The number of nitrogens with one attached hydrogen (secondary N) is 1. The molecule has 0 aliphatic carbocycles. The van der Waals surface area contributed by atoms with Crippen LogP contribution in [0.3, 0.4) is 0 Å². The molecule has 0 spiro atoms. The summed E-state index contributed by atoms with van der Waals surface area (Å²) < 4.78 is 31.8. The van der Waals surface area contributed by atoms with E-state index in [1.807, 2.05) is 6.07 Å². The van der Waals surface area contributed by atoms with Crippen molar-refractivity contribution in [3.8, 4) is 11.8 Å². The minimum Gasteiger partial charge on any atom is -0.497 e. The van der Waals surface area contributed by atoms with Crippen molar-refractivity contribution in [1.82, 2.24) is 0 Å². The fourth-order valence-electron chi connectivity index (χ4n) is 1.61. The number of sulfonamides is 1. The lowest BCUT2D eigenvalue weighted by Crippen LogP contribution is -2.12. The first-order chi connectivity index (χ1) is 9.55. The summed E-state index contributed by atoms with van der Waals surface area (Å²) in [6, 6.07) is 14.3. The first kappa shape index (κ1) is 13.9. The topological polar surface area (TPSA) is 79.2 Å². The molecular formula is C14H12N2O3S. The van der Waals surface area contributed by atoms with Crippen LogP contribution < -0.4 is 9.46 Å². The van der Waals surface area contributed by atoms with E-state index in [4.69, 9.17) is 10.00 Å². The molecule has 6 heteroatoms. The second-order valence-electron chi connectivity index (χ2n) is 3.97. The van der Waals surface area contributed by atoms with Crippen molar-refractivity contribution in [3.05, 3.63) is 54.1 Å². The van der Waals surface area contributed by atoms with Gasteiger partial charge in [-0.05, 0) is 42.5 Å². The number of hydrogen-bond donors (Lipinski definition) is 1. The van der Waals surface area contributed by atoms with Gasteiger partial charge in [-0.1, -0.05) is 6.07 Å². The molecule has 0 aliphatic rings. The minimum absolute atomic E-state index is 0.0485. The zero-order valence-electron chi connectivity index (χ0n) is 10.7. The Bertz CT molecular complexity index is 747. The molecule has 2 aromatic carbocycles. The SMILES string of the molecule is COc1ccc(NS(=O)(=O)c2cccc(C#N)c2)cc1. The Labute approximate surface area is 117 Å². The second kappa shape index (κ2) is 5.63. The average Bonchev–Trinajstić information content (AvgIpc) is 2.48. The van der Waals surface area contributed by atoms with Crippen LogP contribution in [0.5, 0.6) is 5.75 Å². The van der Waals surface area contributed by atoms with Crippen LogP contribution in [0.2, 0.25) is 0 Å². The Morgan fingerprint density at radius 1 is 1.15 bits per heavy atom. The van der Waals surface area contributed by atoms with Crippen molar-refractivity contribution >= 4 is 15.7 Å². The lowest BCUT2D eigenvalue weighted by atomic mass is 10.2. The first-order valence-corrected chi connectivity index (χ1v) is 7.20. The molecule has 1 N–H and O–H groups in total. The molecule has 0 heterocycles. The summed E-state index contributed by atoms with van der Waals surface area (Å²) in [4.78, 5) is 0.0485. The molecule has 2 rings (SSSR count). The lowest BCUT2D eigenvalue weighted by Gasteiger charge is -2.08. The Kier molecular flexibility index (Phi) is 3.91. The monoisotopic (exact) mass is 288 g/mol. The maximum absolute atomic E-state index is 12.2. The Morgan fingerprint density at radius 2 is 1.85 bits per heavy atom. The van der Waals surface area contributed by atoms with E-state index in [-0.39, 0.29) is 4.90 Å². The Hall–Kier alpha value is -2.52. The number of benzene rings is 2. The molecule has 5 nitrogen and oxygen atoms in total. The zero-order chi connectivity index (χ0) is 14.6. The molecule has 0 saturated heterocycles. The predicted molar refractivity (Wildman–Crippen MR) is 75.0 cm³/mol. The minimum atomic E-state index is -3.71. The van der Waals surface area contributed by atoms with E-state index in [0.717, 1.165) is 0 Å². The molecule has 2 aromatic rings. The van der Waals surface area contributed by atoms with Crippen LogP contribution in [-0.4, -0.2) is 15.5 Å². The highest BCUT2D eigenvalue weighted by atomic mass is 32.2. The van der Waals surface area contributed by atoms with Gasteiger partial charge in [0.1, 0.15) is 5.75 Å². The van der Waals surface area contributed by atoms with Gasteiger partial charge in [-0.2, -0.15) is 5.26 Å². The van der Waals surface area contributed by atoms with Crippen LogP contribution in [0.15, 0.2) is 53.4 Å². The normalized spacial score (nSPS) is 10.6. The third kappa shape index (κ3) is 3.08. The summed E-state index contributed by atoms with van der Waals surface area (Å²) in [5, 5.41) is 8.80.